The molecule has 0 aliphatic rings. The summed E-state index contributed by atoms with van der Waals surface area (Å²) in [6, 6.07) is 10.2. The van der Waals surface area contributed by atoms with E-state index in [1.165, 1.54) is 5.56 Å². The molecular weight excluding hydrogens is 328 g/mol. The molecule has 0 unspecified atom stereocenters. The maximum atomic E-state index is 5.08. The predicted molar refractivity (Wildman–Crippen MR) is 106 cm³/mol. The highest BCUT2D eigenvalue weighted by Gasteiger charge is 2.02. The quantitative estimate of drug-likeness (QED) is 0.383. The zero-order chi connectivity index (χ0) is 18.6. The van der Waals surface area contributed by atoms with E-state index in [9.17, 15) is 0 Å². The van der Waals surface area contributed by atoms with Gasteiger partial charge in [-0.15, -0.1) is 0 Å². The van der Waals surface area contributed by atoms with Crippen molar-refractivity contribution < 1.29 is 4.74 Å². The van der Waals surface area contributed by atoms with Crippen molar-refractivity contribution in [1.29, 1.82) is 0 Å². The number of aliphatic imine (C=N–C) groups is 1. The van der Waals surface area contributed by atoms with Crippen LogP contribution < -0.4 is 10.6 Å². The number of rotatable bonds is 10. The number of methoxy groups -OCH3 is 1. The van der Waals surface area contributed by atoms with Crippen molar-refractivity contribution in [3.8, 4) is 5.69 Å². The van der Waals surface area contributed by atoms with E-state index in [4.69, 9.17) is 4.74 Å². The average Bonchev–Trinajstić information content (AvgIpc) is 3.20. The standard InChI is InChI=1S/C19H30N6O/c1-20-19(21-10-13-24(2)11-6-14-26-3)22-16-17-7-4-8-18(15-17)25-12-5-9-23-25/h4-5,7-9,12,15H,6,10-11,13-14,16H2,1-3H3,(H2,20,21,22). The van der Waals surface area contributed by atoms with Crippen LogP contribution >= 0.6 is 0 Å². The SMILES string of the molecule is CN=C(NCCN(C)CCCOC)NCc1cccc(-n2cccn2)c1. The van der Waals surface area contributed by atoms with Gasteiger partial charge in [-0.1, -0.05) is 12.1 Å². The molecule has 26 heavy (non-hydrogen) atoms. The minimum atomic E-state index is 0.707. The van der Waals surface area contributed by atoms with Crippen LogP contribution in [0.5, 0.6) is 0 Å². The minimum Gasteiger partial charge on any atom is -0.385 e. The van der Waals surface area contributed by atoms with E-state index in [0.29, 0.717) is 6.54 Å². The first-order valence-electron chi connectivity index (χ1n) is 8.94. The molecule has 0 aliphatic carbocycles. The third-order valence-corrected chi connectivity index (χ3v) is 4.04. The maximum Gasteiger partial charge on any atom is 0.191 e. The Morgan fingerprint density at radius 1 is 1.27 bits per heavy atom. The topological polar surface area (TPSA) is 66.7 Å². The van der Waals surface area contributed by atoms with Crippen LogP contribution in [0.1, 0.15) is 12.0 Å². The molecule has 0 spiro atoms. The van der Waals surface area contributed by atoms with Gasteiger partial charge in [0.2, 0.25) is 0 Å². The molecule has 142 valence electrons. The molecular formula is C19H30N6O. The van der Waals surface area contributed by atoms with Gasteiger partial charge in [0.1, 0.15) is 0 Å². The van der Waals surface area contributed by atoms with Crippen LogP contribution in [-0.4, -0.2) is 68.1 Å². The molecule has 0 fully saturated rings. The van der Waals surface area contributed by atoms with E-state index in [2.05, 4.69) is 44.8 Å². The van der Waals surface area contributed by atoms with Crippen molar-refractivity contribution in [2.24, 2.45) is 4.99 Å². The number of hydrogen-bond acceptors (Lipinski definition) is 4. The number of benzene rings is 1. The molecule has 2 rings (SSSR count). The summed E-state index contributed by atoms with van der Waals surface area (Å²) >= 11 is 0. The fourth-order valence-corrected chi connectivity index (χ4v) is 2.59. The Balaban J connectivity index is 1.74. The summed E-state index contributed by atoms with van der Waals surface area (Å²) in [5.74, 6) is 0.805. The molecule has 1 aromatic carbocycles. The molecule has 0 radical (unpaired) electrons. The Labute approximate surface area is 156 Å². The fourth-order valence-electron chi connectivity index (χ4n) is 2.59. The van der Waals surface area contributed by atoms with Gasteiger partial charge in [-0.25, -0.2) is 4.68 Å². The normalized spacial score (nSPS) is 11.8. The largest absolute Gasteiger partial charge is 0.385 e. The lowest BCUT2D eigenvalue weighted by Crippen LogP contribution is -2.40. The van der Waals surface area contributed by atoms with Gasteiger partial charge in [0.15, 0.2) is 5.96 Å². The van der Waals surface area contributed by atoms with Crippen LogP contribution in [0.25, 0.3) is 5.69 Å². The van der Waals surface area contributed by atoms with E-state index in [-0.39, 0.29) is 0 Å². The summed E-state index contributed by atoms with van der Waals surface area (Å²) in [7, 11) is 5.65. The van der Waals surface area contributed by atoms with Gasteiger partial charge < -0.3 is 20.3 Å². The van der Waals surface area contributed by atoms with Gasteiger partial charge in [-0.3, -0.25) is 4.99 Å². The summed E-state index contributed by atoms with van der Waals surface area (Å²) in [5, 5.41) is 11.0. The number of likely N-dealkylation sites (N-methyl/N-ethyl adjacent to an activating group) is 1. The molecule has 1 heterocycles. The average molecular weight is 358 g/mol. The second-order valence-electron chi connectivity index (χ2n) is 6.12. The second-order valence-corrected chi connectivity index (χ2v) is 6.12. The molecule has 0 bridgehead atoms. The van der Waals surface area contributed by atoms with Crippen LogP contribution in [0.2, 0.25) is 0 Å². The van der Waals surface area contributed by atoms with Gasteiger partial charge in [0.25, 0.3) is 0 Å². The van der Waals surface area contributed by atoms with E-state index in [1.807, 2.05) is 29.1 Å². The van der Waals surface area contributed by atoms with E-state index in [1.54, 1.807) is 20.4 Å². The van der Waals surface area contributed by atoms with Crippen molar-refractivity contribution in [1.82, 2.24) is 25.3 Å². The van der Waals surface area contributed by atoms with Crippen molar-refractivity contribution in [2.75, 3.05) is 47.4 Å². The minimum absolute atomic E-state index is 0.707. The van der Waals surface area contributed by atoms with Crippen molar-refractivity contribution in [3.63, 3.8) is 0 Å². The van der Waals surface area contributed by atoms with Crippen molar-refractivity contribution in [2.45, 2.75) is 13.0 Å². The number of ether oxygens (including phenoxy) is 1. The highest BCUT2D eigenvalue weighted by Crippen LogP contribution is 2.09. The first kappa shape index (κ1) is 19.9. The number of nitrogens with zero attached hydrogens (tertiary/aromatic N) is 4. The Morgan fingerprint density at radius 2 is 2.15 bits per heavy atom. The van der Waals surface area contributed by atoms with E-state index < -0.39 is 0 Å². The lowest BCUT2D eigenvalue weighted by molar-refractivity contribution is 0.180. The Kier molecular flexibility index (Phi) is 8.65. The third-order valence-electron chi connectivity index (χ3n) is 4.04. The molecule has 7 heteroatoms. The van der Waals surface area contributed by atoms with Gasteiger partial charge >= 0.3 is 0 Å². The van der Waals surface area contributed by atoms with Crippen molar-refractivity contribution in [3.05, 3.63) is 48.3 Å². The molecule has 7 nitrogen and oxygen atoms in total. The first-order valence-corrected chi connectivity index (χ1v) is 8.94. The van der Waals surface area contributed by atoms with Crippen LogP contribution in [-0.2, 0) is 11.3 Å². The first-order chi connectivity index (χ1) is 12.7. The fraction of sp³-hybridized carbons (Fsp3) is 0.474. The molecule has 2 aromatic rings. The summed E-state index contributed by atoms with van der Waals surface area (Å²) in [6.07, 6.45) is 4.77. The Morgan fingerprint density at radius 3 is 2.88 bits per heavy atom. The van der Waals surface area contributed by atoms with Crippen LogP contribution in [0.15, 0.2) is 47.7 Å². The number of nitrogens with one attached hydrogen (secondary N) is 2. The molecule has 0 aliphatic heterocycles. The molecule has 2 N–H and O–H groups in total. The van der Waals surface area contributed by atoms with E-state index >= 15 is 0 Å². The molecule has 1 aromatic heterocycles. The van der Waals surface area contributed by atoms with Crippen LogP contribution in [0.3, 0.4) is 0 Å². The summed E-state index contributed by atoms with van der Waals surface area (Å²) < 4.78 is 6.94. The molecule has 0 atom stereocenters. The molecule has 0 saturated heterocycles. The summed E-state index contributed by atoms with van der Waals surface area (Å²) in [6.45, 7) is 4.34. The van der Waals surface area contributed by atoms with Crippen molar-refractivity contribution >= 4 is 5.96 Å². The lowest BCUT2D eigenvalue weighted by Gasteiger charge is -2.18. The predicted octanol–water partition coefficient (Wildman–Crippen LogP) is 1.51. The highest BCUT2D eigenvalue weighted by molar-refractivity contribution is 5.79. The Hall–Kier alpha value is -2.38. The van der Waals surface area contributed by atoms with Crippen LogP contribution in [0.4, 0.5) is 0 Å². The zero-order valence-corrected chi connectivity index (χ0v) is 16.0. The number of guanidine groups is 1. The van der Waals surface area contributed by atoms with E-state index in [0.717, 1.165) is 44.3 Å². The van der Waals surface area contributed by atoms with Gasteiger partial charge in [-0.2, -0.15) is 5.10 Å². The summed E-state index contributed by atoms with van der Waals surface area (Å²) in [5.41, 5.74) is 2.23. The third kappa shape index (κ3) is 6.85. The maximum absolute atomic E-state index is 5.08. The lowest BCUT2D eigenvalue weighted by atomic mass is 10.2. The van der Waals surface area contributed by atoms with Gasteiger partial charge in [0, 0.05) is 59.3 Å². The Bertz CT molecular complexity index is 656. The summed E-state index contributed by atoms with van der Waals surface area (Å²) in [4.78, 5) is 6.57. The number of hydrogen-bond donors (Lipinski definition) is 2. The van der Waals surface area contributed by atoms with Gasteiger partial charge in [-0.05, 0) is 37.2 Å². The van der Waals surface area contributed by atoms with Crippen LogP contribution in [0, 0.1) is 0 Å². The highest BCUT2D eigenvalue weighted by atomic mass is 16.5. The van der Waals surface area contributed by atoms with Gasteiger partial charge in [0.05, 0.1) is 5.69 Å². The molecule has 0 amide bonds. The molecule has 0 saturated carbocycles. The zero-order valence-electron chi connectivity index (χ0n) is 16.0. The monoisotopic (exact) mass is 358 g/mol. The smallest absolute Gasteiger partial charge is 0.191 e. The second kappa shape index (κ2) is 11.3. The number of aromatic nitrogens is 2.